The molecule has 0 spiro atoms. The van der Waals surface area contributed by atoms with Crippen molar-refractivity contribution in [2.75, 3.05) is 0 Å². The van der Waals surface area contributed by atoms with E-state index in [1.807, 2.05) is 0 Å². The number of hydrogen-bond donors (Lipinski definition) is 0. The molecule has 0 N–H and O–H groups in total. The summed E-state index contributed by atoms with van der Waals surface area (Å²) in [5.74, 6) is -1.82. The SMILES string of the molecule is CC(=O)O/C=C/OC(C)=O.CC(=O)O/C=C\OC(C)=O. The maximum absolute atomic E-state index is 10.1. The van der Waals surface area contributed by atoms with E-state index in [1.54, 1.807) is 0 Å². The molecule has 0 fully saturated rings. The van der Waals surface area contributed by atoms with Crippen LogP contribution in [0.5, 0.6) is 0 Å². The highest BCUT2D eigenvalue weighted by Gasteiger charge is 1.87. The predicted molar refractivity (Wildman–Crippen MR) is 65.3 cm³/mol. The molecule has 0 aromatic carbocycles. The van der Waals surface area contributed by atoms with Crippen LogP contribution in [0.15, 0.2) is 25.0 Å². The van der Waals surface area contributed by atoms with Crippen molar-refractivity contribution in [2.24, 2.45) is 0 Å². The molecule has 0 atom stereocenters. The first-order valence-electron chi connectivity index (χ1n) is 5.24. The van der Waals surface area contributed by atoms with Crippen LogP contribution in [0.3, 0.4) is 0 Å². The topological polar surface area (TPSA) is 105 Å². The van der Waals surface area contributed by atoms with E-state index in [-0.39, 0.29) is 0 Å². The van der Waals surface area contributed by atoms with Crippen LogP contribution in [0, 0.1) is 0 Å². The minimum Gasteiger partial charge on any atom is -0.431 e. The summed E-state index contributed by atoms with van der Waals surface area (Å²) in [4.78, 5) is 40.3. The van der Waals surface area contributed by atoms with Gasteiger partial charge in [-0.2, -0.15) is 0 Å². The first-order valence-corrected chi connectivity index (χ1v) is 5.24. The van der Waals surface area contributed by atoms with Gasteiger partial charge in [-0.1, -0.05) is 0 Å². The molecular weight excluding hydrogens is 272 g/mol. The van der Waals surface area contributed by atoms with Crippen LogP contribution in [0.4, 0.5) is 0 Å². The molecule has 0 saturated carbocycles. The van der Waals surface area contributed by atoms with Crippen LogP contribution < -0.4 is 0 Å². The quantitative estimate of drug-likeness (QED) is 0.431. The van der Waals surface area contributed by atoms with Crippen molar-refractivity contribution in [3.8, 4) is 0 Å². The summed E-state index contributed by atoms with van der Waals surface area (Å²) in [6.45, 7) is 4.99. The van der Waals surface area contributed by atoms with Crippen molar-refractivity contribution in [3.63, 3.8) is 0 Å². The fourth-order valence-electron chi connectivity index (χ4n) is 0.494. The summed E-state index contributed by atoms with van der Waals surface area (Å²) >= 11 is 0. The lowest BCUT2D eigenvalue weighted by Gasteiger charge is -1.90. The van der Waals surface area contributed by atoms with Gasteiger partial charge in [0.05, 0.1) is 0 Å². The average Bonchev–Trinajstić information content (AvgIpc) is 2.30. The van der Waals surface area contributed by atoms with Crippen molar-refractivity contribution in [3.05, 3.63) is 25.0 Å². The Labute approximate surface area is 115 Å². The van der Waals surface area contributed by atoms with Gasteiger partial charge in [0.15, 0.2) is 0 Å². The molecule has 20 heavy (non-hydrogen) atoms. The second-order valence-electron chi connectivity index (χ2n) is 2.98. The molecule has 0 aliphatic rings. The normalized spacial score (nSPS) is 9.40. The van der Waals surface area contributed by atoms with E-state index >= 15 is 0 Å². The zero-order valence-corrected chi connectivity index (χ0v) is 11.6. The lowest BCUT2D eigenvalue weighted by molar-refractivity contribution is -0.138. The maximum atomic E-state index is 10.1. The average molecular weight is 288 g/mol. The second kappa shape index (κ2) is 12.8. The van der Waals surface area contributed by atoms with Gasteiger partial charge in [-0.25, -0.2) is 0 Å². The van der Waals surface area contributed by atoms with E-state index in [0.29, 0.717) is 0 Å². The lowest BCUT2D eigenvalue weighted by atomic mass is 10.8. The van der Waals surface area contributed by atoms with Crippen LogP contribution in [-0.4, -0.2) is 23.9 Å². The minimum atomic E-state index is -0.455. The molecule has 0 bridgehead atoms. The number of carbonyl (C=O) groups is 4. The highest BCUT2D eigenvalue weighted by molar-refractivity contribution is 5.68. The Balaban J connectivity index is 0. The van der Waals surface area contributed by atoms with Crippen molar-refractivity contribution in [2.45, 2.75) is 27.7 Å². The Kier molecular flexibility index (Phi) is 12.6. The standard InChI is InChI=1S/2C6H8O4/c2*1-5(7)9-3-4-10-6(2)8/h2*3-4H,1-2H3/b4-3+;4-3-. The fraction of sp³-hybridized carbons (Fsp3) is 0.333. The van der Waals surface area contributed by atoms with Gasteiger partial charge in [0.25, 0.3) is 0 Å². The van der Waals surface area contributed by atoms with Gasteiger partial charge in [-0.3, -0.25) is 19.2 Å². The van der Waals surface area contributed by atoms with E-state index in [2.05, 4.69) is 18.9 Å². The molecule has 0 amide bonds. The van der Waals surface area contributed by atoms with Crippen LogP contribution in [0.25, 0.3) is 0 Å². The molecule has 0 rings (SSSR count). The molecule has 0 aromatic rings. The molecule has 0 saturated heterocycles. The third-order valence-corrected chi connectivity index (χ3v) is 1.05. The molecule has 0 aliphatic carbocycles. The molecular formula is C12H16O8. The summed E-state index contributed by atoms with van der Waals surface area (Å²) in [6, 6.07) is 0. The maximum Gasteiger partial charge on any atom is 0.307 e. The molecule has 8 nitrogen and oxygen atoms in total. The molecule has 0 unspecified atom stereocenters. The number of carbonyl (C=O) groups excluding carboxylic acids is 4. The summed E-state index contributed by atoms with van der Waals surface area (Å²) in [6.07, 6.45) is 4.01. The molecule has 112 valence electrons. The smallest absolute Gasteiger partial charge is 0.307 e. The molecule has 0 aliphatic heterocycles. The lowest BCUT2D eigenvalue weighted by Crippen LogP contribution is -1.93. The number of rotatable bonds is 4. The zero-order chi connectivity index (χ0) is 16.0. The first-order chi connectivity index (χ1) is 9.25. The monoisotopic (exact) mass is 288 g/mol. The van der Waals surface area contributed by atoms with Crippen LogP contribution >= 0.6 is 0 Å². The van der Waals surface area contributed by atoms with Gasteiger partial charge in [0.2, 0.25) is 0 Å². The highest BCUT2D eigenvalue weighted by Crippen LogP contribution is 1.82. The van der Waals surface area contributed by atoms with Gasteiger partial charge in [0.1, 0.15) is 25.0 Å². The Hall–Kier alpha value is -2.64. The van der Waals surface area contributed by atoms with Gasteiger partial charge < -0.3 is 18.9 Å². The van der Waals surface area contributed by atoms with E-state index in [0.717, 1.165) is 25.0 Å². The largest absolute Gasteiger partial charge is 0.431 e. The Morgan fingerprint density at radius 2 is 0.650 bits per heavy atom. The van der Waals surface area contributed by atoms with Gasteiger partial charge >= 0.3 is 23.9 Å². The molecule has 0 heterocycles. The molecule has 0 aromatic heterocycles. The van der Waals surface area contributed by atoms with Crippen molar-refractivity contribution in [1.29, 1.82) is 0 Å². The van der Waals surface area contributed by atoms with E-state index in [9.17, 15) is 19.2 Å². The Morgan fingerprint density at radius 1 is 0.500 bits per heavy atom. The van der Waals surface area contributed by atoms with Crippen LogP contribution in [0.1, 0.15) is 27.7 Å². The van der Waals surface area contributed by atoms with Crippen LogP contribution in [0.2, 0.25) is 0 Å². The minimum absolute atomic E-state index is 0.455. The third kappa shape index (κ3) is 24.5. The number of esters is 4. The number of ether oxygens (including phenoxy) is 4. The van der Waals surface area contributed by atoms with Gasteiger partial charge in [-0.05, 0) is 0 Å². The summed E-state index contributed by atoms with van der Waals surface area (Å²) in [5.41, 5.74) is 0. The Bertz CT molecular complexity index is 320. The summed E-state index contributed by atoms with van der Waals surface area (Å²) in [5, 5.41) is 0. The fourth-order valence-corrected chi connectivity index (χ4v) is 0.494. The number of hydrogen-bond acceptors (Lipinski definition) is 8. The predicted octanol–water partition coefficient (Wildman–Crippen LogP) is 1.17. The van der Waals surface area contributed by atoms with Crippen molar-refractivity contribution < 1.29 is 38.1 Å². The summed E-state index contributed by atoms with van der Waals surface area (Å²) < 4.78 is 17.2. The van der Waals surface area contributed by atoms with Gasteiger partial charge in [0, 0.05) is 27.7 Å². The second-order valence-corrected chi connectivity index (χ2v) is 2.98. The first kappa shape index (κ1) is 19.7. The summed E-state index contributed by atoms with van der Waals surface area (Å²) in [7, 11) is 0. The Morgan fingerprint density at radius 3 is 0.750 bits per heavy atom. The van der Waals surface area contributed by atoms with Crippen LogP contribution in [-0.2, 0) is 38.1 Å². The molecule has 8 heteroatoms. The van der Waals surface area contributed by atoms with E-state index in [1.165, 1.54) is 27.7 Å². The van der Waals surface area contributed by atoms with Gasteiger partial charge in [-0.15, -0.1) is 0 Å². The van der Waals surface area contributed by atoms with Crippen molar-refractivity contribution in [1.82, 2.24) is 0 Å². The van der Waals surface area contributed by atoms with E-state index in [4.69, 9.17) is 0 Å². The van der Waals surface area contributed by atoms with E-state index < -0.39 is 23.9 Å². The highest BCUT2D eigenvalue weighted by atomic mass is 16.6. The molecule has 0 radical (unpaired) electrons. The zero-order valence-electron chi connectivity index (χ0n) is 11.6. The third-order valence-electron chi connectivity index (χ3n) is 1.05. The van der Waals surface area contributed by atoms with Crippen molar-refractivity contribution >= 4 is 23.9 Å².